The molecular weight excluding hydrogens is 403 g/mol. The molecule has 1 aliphatic heterocycles. The Labute approximate surface area is 179 Å². The third-order valence-electron chi connectivity index (χ3n) is 6.82. The molecule has 3 atom stereocenters. The van der Waals surface area contributed by atoms with E-state index in [-0.39, 0.29) is 29.7 Å². The number of primary amides is 1. The summed E-state index contributed by atoms with van der Waals surface area (Å²) in [6, 6.07) is 5.87. The molecule has 8 heteroatoms. The Bertz CT molecular complexity index is 972. The number of rotatable bonds is 6. The lowest BCUT2D eigenvalue weighted by atomic mass is 9.80. The highest BCUT2D eigenvalue weighted by atomic mass is 32.1. The minimum absolute atomic E-state index is 0.000304. The van der Waals surface area contributed by atoms with Crippen molar-refractivity contribution in [1.29, 1.82) is 0 Å². The third kappa shape index (κ3) is 3.09. The summed E-state index contributed by atoms with van der Waals surface area (Å²) in [7, 11) is 0. The van der Waals surface area contributed by atoms with E-state index in [0.29, 0.717) is 12.1 Å². The first-order valence-corrected chi connectivity index (χ1v) is 11.3. The van der Waals surface area contributed by atoms with Crippen molar-refractivity contribution in [2.45, 2.75) is 52.1 Å². The van der Waals surface area contributed by atoms with Crippen molar-refractivity contribution in [2.24, 2.45) is 11.1 Å². The van der Waals surface area contributed by atoms with Crippen LogP contribution in [0.5, 0.6) is 0 Å². The van der Waals surface area contributed by atoms with Gasteiger partial charge in [-0.15, -0.1) is 0 Å². The van der Waals surface area contributed by atoms with Crippen LogP contribution < -0.4 is 10.6 Å². The van der Waals surface area contributed by atoms with Crippen LogP contribution in [0.3, 0.4) is 0 Å². The van der Waals surface area contributed by atoms with Gasteiger partial charge in [0.2, 0.25) is 5.91 Å². The van der Waals surface area contributed by atoms with Crippen molar-refractivity contribution in [3.05, 3.63) is 35.8 Å². The summed E-state index contributed by atoms with van der Waals surface area (Å²) in [6.45, 7) is 7.54. The van der Waals surface area contributed by atoms with Gasteiger partial charge in [-0.3, -0.25) is 9.59 Å². The van der Waals surface area contributed by atoms with Gasteiger partial charge in [0.25, 0.3) is 5.91 Å². The number of hydrogen-bond acceptors (Lipinski definition) is 5. The monoisotopic (exact) mass is 430 g/mol. The van der Waals surface area contributed by atoms with Crippen LogP contribution in [0.15, 0.2) is 24.3 Å². The number of fused-ring (bicyclic) bond motifs is 2. The van der Waals surface area contributed by atoms with E-state index in [9.17, 15) is 14.0 Å². The molecule has 2 aliphatic rings. The maximum absolute atomic E-state index is 13.7. The van der Waals surface area contributed by atoms with Crippen LogP contribution in [0.25, 0.3) is 10.4 Å². The van der Waals surface area contributed by atoms with Crippen LogP contribution in [-0.4, -0.2) is 46.9 Å². The van der Waals surface area contributed by atoms with Crippen molar-refractivity contribution in [3.8, 4) is 10.4 Å². The van der Waals surface area contributed by atoms with Gasteiger partial charge in [-0.1, -0.05) is 23.5 Å². The van der Waals surface area contributed by atoms with E-state index in [4.69, 9.17) is 10.7 Å². The summed E-state index contributed by atoms with van der Waals surface area (Å²) < 4.78 is 13.5. The van der Waals surface area contributed by atoms with Crippen LogP contribution >= 0.6 is 11.3 Å². The van der Waals surface area contributed by atoms with Crippen molar-refractivity contribution in [2.75, 3.05) is 18.0 Å². The Kier molecular flexibility index (Phi) is 5.30. The van der Waals surface area contributed by atoms with Crippen molar-refractivity contribution in [3.63, 3.8) is 0 Å². The fourth-order valence-corrected chi connectivity index (χ4v) is 6.21. The fourth-order valence-electron chi connectivity index (χ4n) is 5.02. The topological polar surface area (TPSA) is 79.5 Å². The Morgan fingerprint density at radius 2 is 1.97 bits per heavy atom. The van der Waals surface area contributed by atoms with Gasteiger partial charge in [-0.2, -0.15) is 0 Å². The average molecular weight is 431 g/mol. The van der Waals surface area contributed by atoms with Gasteiger partial charge in [0.1, 0.15) is 11.5 Å². The number of aromatic nitrogens is 1. The number of benzene rings is 1. The maximum atomic E-state index is 13.7. The number of nitrogens with zero attached hydrogens (tertiary/aromatic N) is 3. The summed E-state index contributed by atoms with van der Waals surface area (Å²) in [5.41, 5.74) is 6.23. The second-order valence-corrected chi connectivity index (χ2v) is 9.14. The fraction of sp³-hybridized carbons (Fsp3) is 0.500. The summed E-state index contributed by atoms with van der Waals surface area (Å²) in [4.78, 5) is 35.3. The number of likely N-dealkylation sites (tertiary alicyclic amines) is 1. The van der Waals surface area contributed by atoms with E-state index in [1.165, 1.54) is 23.5 Å². The number of carbonyl (C=O) groups is 2. The Morgan fingerprint density at radius 1 is 1.30 bits per heavy atom. The molecule has 0 unspecified atom stereocenters. The van der Waals surface area contributed by atoms with Crippen LogP contribution in [0.2, 0.25) is 0 Å². The number of amides is 2. The second-order valence-electron chi connectivity index (χ2n) is 8.16. The number of anilines is 1. The molecule has 2 heterocycles. The summed E-state index contributed by atoms with van der Waals surface area (Å²) in [6.07, 6.45) is 2.12. The molecule has 2 bridgehead atoms. The molecule has 1 aliphatic carbocycles. The quantitative estimate of drug-likeness (QED) is 0.758. The number of carbonyl (C=O) groups excluding carboxylic acids is 2. The number of hydrogen-bond donors (Lipinski definition) is 1. The molecule has 1 aromatic carbocycles. The zero-order valence-corrected chi connectivity index (χ0v) is 18.3. The van der Waals surface area contributed by atoms with Crippen LogP contribution in [0.1, 0.15) is 50.5 Å². The van der Waals surface area contributed by atoms with E-state index >= 15 is 0 Å². The largest absolute Gasteiger partial charge is 0.369 e. The van der Waals surface area contributed by atoms with Gasteiger partial charge in [0.15, 0.2) is 5.13 Å². The predicted octanol–water partition coefficient (Wildman–Crippen LogP) is 3.66. The molecule has 160 valence electrons. The van der Waals surface area contributed by atoms with Crippen LogP contribution in [0.4, 0.5) is 9.52 Å². The average Bonchev–Trinajstić information content (AvgIpc) is 3.42. The molecule has 2 N–H and O–H groups in total. The van der Waals surface area contributed by atoms with Crippen LogP contribution in [0, 0.1) is 11.2 Å². The van der Waals surface area contributed by atoms with Gasteiger partial charge in [-0.25, -0.2) is 9.37 Å². The van der Waals surface area contributed by atoms with Gasteiger partial charge in [-0.05, 0) is 57.7 Å². The van der Waals surface area contributed by atoms with Crippen molar-refractivity contribution >= 4 is 28.3 Å². The first kappa shape index (κ1) is 20.8. The SMILES string of the molecule is CCN(CC)c1nc(C(=O)N2[C@H]3CC[C@@](C(N)=O)(C3)[C@H]2C)c(-c2ccc(F)cc2)s1. The molecule has 1 saturated carbocycles. The van der Waals surface area contributed by atoms with E-state index < -0.39 is 5.41 Å². The highest BCUT2D eigenvalue weighted by Gasteiger charge is 2.60. The second kappa shape index (κ2) is 7.65. The predicted molar refractivity (Wildman–Crippen MR) is 116 cm³/mol. The van der Waals surface area contributed by atoms with E-state index in [2.05, 4.69) is 4.90 Å². The Balaban J connectivity index is 1.77. The van der Waals surface area contributed by atoms with Gasteiger partial charge < -0.3 is 15.5 Å². The first-order chi connectivity index (χ1) is 14.3. The summed E-state index contributed by atoms with van der Waals surface area (Å²) >= 11 is 1.44. The van der Waals surface area contributed by atoms with Gasteiger partial charge in [0.05, 0.1) is 10.3 Å². The Hall–Kier alpha value is -2.48. The zero-order valence-electron chi connectivity index (χ0n) is 17.5. The number of piperidine rings is 1. The third-order valence-corrected chi connectivity index (χ3v) is 7.98. The minimum Gasteiger partial charge on any atom is -0.369 e. The molecule has 1 saturated heterocycles. The molecule has 6 nitrogen and oxygen atoms in total. The lowest BCUT2D eigenvalue weighted by Crippen LogP contribution is -2.51. The van der Waals surface area contributed by atoms with E-state index in [1.54, 1.807) is 12.1 Å². The molecule has 0 spiro atoms. The van der Waals surface area contributed by atoms with E-state index in [0.717, 1.165) is 41.5 Å². The number of nitrogens with two attached hydrogens (primary N) is 1. The number of halogens is 1. The number of thiazole rings is 1. The Morgan fingerprint density at radius 3 is 2.53 bits per heavy atom. The molecule has 2 fully saturated rings. The first-order valence-electron chi connectivity index (χ1n) is 10.5. The summed E-state index contributed by atoms with van der Waals surface area (Å²) in [5.74, 6) is -0.827. The van der Waals surface area contributed by atoms with Gasteiger partial charge >= 0.3 is 0 Å². The molecule has 2 amide bonds. The standard InChI is InChI=1S/C22H27FN4O2S/c1-4-26(5-2)21-25-17(18(30-21)14-6-8-15(23)9-7-14)19(28)27-13(3)22(20(24)29)11-10-16(27)12-22/h6-9,13,16H,4-5,10-12H2,1-3H3,(H2,24,29)/t13-,16+,22-/m1/s1. The smallest absolute Gasteiger partial charge is 0.274 e. The van der Waals surface area contributed by atoms with Crippen molar-refractivity contribution < 1.29 is 14.0 Å². The molecule has 0 radical (unpaired) electrons. The highest BCUT2D eigenvalue weighted by Crippen LogP contribution is 2.53. The van der Waals surface area contributed by atoms with E-state index in [1.807, 2.05) is 25.7 Å². The minimum atomic E-state index is -0.645. The zero-order chi connectivity index (χ0) is 21.6. The lowest BCUT2D eigenvalue weighted by molar-refractivity contribution is -0.128. The van der Waals surface area contributed by atoms with Crippen molar-refractivity contribution in [1.82, 2.24) is 9.88 Å². The van der Waals surface area contributed by atoms with Crippen LogP contribution in [-0.2, 0) is 4.79 Å². The molecular formula is C22H27FN4O2S. The molecule has 1 aromatic heterocycles. The molecule has 4 rings (SSSR count). The molecule has 2 aromatic rings. The lowest BCUT2D eigenvalue weighted by Gasteiger charge is -2.37. The summed E-state index contributed by atoms with van der Waals surface area (Å²) in [5, 5.41) is 0.768. The maximum Gasteiger partial charge on any atom is 0.274 e. The molecule has 30 heavy (non-hydrogen) atoms. The van der Waals surface area contributed by atoms with Gasteiger partial charge in [0, 0.05) is 25.2 Å². The normalized spacial score (nSPS) is 25.0. The highest BCUT2D eigenvalue weighted by molar-refractivity contribution is 7.19.